The van der Waals surface area contributed by atoms with Gasteiger partial charge in [0.1, 0.15) is 0 Å². The van der Waals surface area contributed by atoms with Crippen LogP contribution < -0.4 is 10.1 Å². The third kappa shape index (κ3) is 4.59. The van der Waals surface area contributed by atoms with Crippen molar-refractivity contribution < 1.29 is 4.74 Å². The van der Waals surface area contributed by atoms with Crippen molar-refractivity contribution in [2.75, 3.05) is 11.9 Å². The van der Waals surface area contributed by atoms with Gasteiger partial charge in [0.2, 0.25) is 11.8 Å². The summed E-state index contributed by atoms with van der Waals surface area (Å²) in [6, 6.07) is 1.86. The van der Waals surface area contributed by atoms with Gasteiger partial charge < -0.3 is 10.1 Å². The number of anilines is 1. The molecule has 0 fully saturated rings. The maximum Gasteiger partial charge on any atom is 0.226 e. The Morgan fingerprint density at radius 1 is 1.29 bits per heavy atom. The molecule has 0 aliphatic carbocycles. The number of hydrogen-bond acceptors (Lipinski definition) is 4. The predicted molar refractivity (Wildman–Crippen MR) is 70.5 cm³/mol. The van der Waals surface area contributed by atoms with E-state index >= 15 is 0 Å². The number of nitrogens with one attached hydrogen (secondary N) is 1. The molecule has 1 aromatic heterocycles. The summed E-state index contributed by atoms with van der Waals surface area (Å²) < 4.78 is 5.53. The number of ether oxygens (including phenoxy) is 1. The highest BCUT2D eigenvalue weighted by atomic mass is 16.5. The Morgan fingerprint density at radius 2 is 2.00 bits per heavy atom. The van der Waals surface area contributed by atoms with Gasteiger partial charge >= 0.3 is 0 Å². The van der Waals surface area contributed by atoms with Crippen LogP contribution in [0.2, 0.25) is 0 Å². The SMILES string of the molecule is CCCOc1cc(C)nc(NC(C)(C)CC)n1. The van der Waals surface area contributed by atoms with Crippen LogP contribution in [0.15, 0.2) is 6.07 Å². The van der Waals surface area contributed by atoms with Gasteiger partial charge in [0.25, 0.3) is 0 Å². The quantitative estimate of drug-likeness (QED) is 0.825. The van der Waals surface area contributed by atoms with Gasteiger partial charge in [-0.1, -0.05) is 13.8 Å². The molecule has 0 saturated heterocycles. The third-order valence-electron chi connectivity index (χ3n) is 2.62. The molecule has 17 heavy (non-hydrogen) atoms. The zero-order valence-electron chi connectivity index (χ0n) is 11.5. The van der Waals surface area contributed by atoms with E-state index in [1.54, 1.807) is 0 Å². The van der Waals surface area contributed by atoms with Crippen LogP contribution in [-0.2, 0) is 0 Å². The second kappa shape index (κ2) is 5.84. The Kier molecular flexibility index (Phi) is 4.73. The molecule has 0 bridgehead atoms. The molecule has 0 amide bonds. The van der Waals surface area contributed by atoms with Crippen molar-refractivity contribution in [2.24, 2.45) is 0 Å². The Balaban J connectivity index is 2.82. The fourth-order valence-corrected chi connectivity index (χ4v) is 1.27. The van der Waals surface area contributed by atoms with Crippen LogP contribution in [0.1, 0.15) is 46.2 Å². The van der Waals surface area contributed by atoms with E-state index in [-0.39, 0.29) is 5.54 Å². The van der Waals surface area contributed by atoms with Crippen LogP contribution in [0, 0.1) is 6.92 Å². The molecule has 1 N–H and O–H groups in total. The summed E-state index contributed by atoms with van der Waals surface area (Å²) in [4.78, 5) is 8.73. The fourth-order valence-electron chi connectivity index (χ4n) is 1.27. The van der Waals surface area contributed by atoms with Crippen molar-refractivity contribution in [3.05, 3.63) is 11.8 Å². The molecule has 0 spiro atoms. The topological polar surface area (TPSA) is 47.0 Å². The molecule has 1 rings (SSSR count). The number of rotatable bonds is 6. The second-order valence-corrected chi connectivity index (χ2v) is 4.88. The molecule has 4 heteroatoms. The van der Waals surface area contributed by atoms with Crippen LogP contribution in [-0.4, -0.2) is 22.1 Å². The molecule has 96 valence electrons. The summed E-state index contributed by atoms with van der Waals surface area (Å²) in [6.07, 6.45) is 1.99. The van der Waals surface area contributed by atoms with E-state index in [0.717, 1.165) is 18.5 Å². The number of aromatic nitrogens is 2. The van der Waals surface area contributed by atoms with Crippen LogP contribution in [0.3, 0.4) is 0 Å². The minimum absolute atomic E-state index is 0.00415. The first-order valence-electron chi connectivity index (χ1n) is 6.23. The largest absolute Gasteiger partial charge is 0.478 e. The number of nitrogens with zero attached hydrogens (tertiary/aromatic N) is 2. The van der Waals surface area contributed by atoms with E-state index < -0.39 is 0 Å². The summed E-state index contributed by atoms with van der Waals surface area (Å²) >= 11 is 0. The van der Waals surface area contributed by atoms with Gasteiger partial charge in [-0.25, -0.2) is 4.98 Å². The zero-order chi connectivity index (χ0) is 12.9. The smallest absolute Gasteiger partial charge is 0.226 e. The summed E-state index contributed by atoms with van der Waals surface area (Å²) in [5.74, 6) is 1.29. The van der Waals surface area contributed by atoms with Gasteiger partial charge in [-0.3, -0.25) is 0 Å². The highest BCUT2D eigenvalue weighted by Gasteiger charge is 2.16. The Morgan fingerprint density at radius 3 is 2.59 bits per heavy atom. The highest BCUT2D eigenvalue weighted by molar-refractivity contribution is 5.33. The lowest BCUT2D eigenvalue weighted by molar-refractivity contribution is 0.304. The average molecular weight is 237 g/mol. The molecular formula is C13H23N3O. The summed E-state index contributed by atoms with van der Waals surface area (Å²) in [6.45, 7) is 11.1. The molecule has 0 saturated carbocycles. The van der Waals surface area contributed by atoms with E-state index in [1.165, 1.54) is 0 Å². The molecule has 0 atom stereocenters. The summed E-state index contributed by atoms with van der Waals surface area (Å²) in [5, 5.41) is 3.32. The van der Waals surface area contributed by atoms with Gasteiger partial charge in [0.15, 0.2) is 0 Å². The minimum Gasteiger partial charge on any atom is -0.478 e. The molecule has 0 aromatic carbocycles. The molecular weight excluding hydrogens is 214 g/mol. The summed E-state index contributed by atoms with van der Waals surface area (Å²) in [7, 11) is 0. The van der Waals surface area contributed by atoms with Gasteiger partial charge in [-0.05, 0) is 33.6 Å². The molecule has 4 nitrogen and oxygen atoms in total. The summed E-state index contributed by atoms with van der Waals surface area (Å²) in [5.41, 5.74) is 0.913. The van der Waals surface area contributed by atoms with Crippen molar-refractivity contribution in [1.29, 1.82) is 0 Å². The van der Waals surface area contributed by atoms with E-state index in [1.807, 2.05) is 13.0 Å². The molecule has 0 aliphatic rings. The molecule has 0 unspecified atom stereocenters. The van der Waals surface area contributed by atoms with E-state index in [0.29, 0.717) is 18.4 Å². The van der Waals surface area contributed by atoms with E-state index in [4.69, 9.17) is 4.74 Å². The van der Waals surface area contributed by atoms with Crippen LogP contribution >= 0.6 is 0 Å². The maximum absolute atomic E-state index is 5.53. The number of aryl methyl sites for hydroxylation is 1. The molecule has 1 aromatic rings. The Labute approximate surface area is 104 Å². The van der Waals surface area contributed by atoms with E-state index in [2.05, 4.69) is 43.0 Å². The fraction of sp³-hybridized carbons (Fsp3) is 0.692. The first-order valence-corrected chi connectivity index (χ1v) is 6.23. The van der Waals surface area contributed by atoms with Crippen LogP contribution in [0.4, 0.5) is 5.95 Å². The van der Waals surface area contributed by atoms with Crippen molar-refractivity contribution >= 4 is 5.95 Å². The van der Waals surface area contributed by atoms with Crippen molar-refractivity contribution in [3.8, 4) is 5.88 Å². The number of hydrogen-bond donors (Lipinski definition) is 1. The van der Waals surface area contributed by atoms with Crippen LogP contribution in [0.25, 0.3) is 0 Å². The second-order valence-electron chi connectivity index (χ2n) is 4.88. The maximum atomic E-state index is 5.53. The average Bonchev–Trinajstić information content (AvgIpc) is 2.25. The monoisotopic (exact) mass is 237 g/mol. The minimum atomic E-state index is -0.00415. The molecule has 1 heterocycles. The van der Waals surface area contributed by atoms with Gasteiger partial charge in [0, 0.05) is 17.3 Å². The highest BCUT2D eigenvalue weighted by Crippen LogP contribution is 2.18. The van der Waals surface area contributed by atoms with Crippen molar-refractivity contribution in [3.63, 3.8) is 0 Å². The zero-order valence-corrected chi connectivity index (χ0v) is 11.5. The van der Waals surface area contributed by atoms with Crippen molar-refractivity contribution in [1.82, 2.24) is 9.97 Å². The lowest BCUT2D eigenvalue weighted by Crippen LogP contribution is -2.30. The first kappa shape index (κ1) is 13.7. The van der Waals surface area contributed by atoms with Gasteiger partial charge in [0.05, 0.1) is 6.61 Å². The van der Waals surface area contributed by atoms with Crippen LogP contribution in [0.5, 0.6) is 5.88 Å². The van der Waals surface area contributed by atoms with Gasteiger partial charge in [-0.2, -0.15) is 4.98 Å². The predicted octanol–water partition coefficient (Wildman–Crippen LogP) is 3.17. The van der Waals surface area contributed by atoms with Gasteiger partial charge in [-0.15, -0.1) is 0 Å². The lowest BCUT2D eigenvalue weighted by atomic mass is 10.0. The Bertz CT molecular complexity index is 364. The Hall–Kier alpha value is -1.32. The molecule has 0 radical (unpaired) electrons. The normalized spacial score (nSPS) is 11.4. The third-order valence-corrected chi connectivity index (χ3v) is 2.62. The van der Waals surface area contributed by atoms with E-state index in [9.17, 15) is 0 Å². The molecule has 0 aliphatic heterocycles. The van der Waals surface area contributed by atoms with Crippen molar-refractivity contribution in [2.45, 2.75) is 53.0 Å². The lowest BCUT2D eigenvalue weighted by Gasteiger charge is -2.24. The standard InChI is InChI=1S/C13H23N3O/c1-6-8-17-11-9-10(3)14-12(15-11)16-13(4,5)7-2/h9H,6-8H2,1-5H3,(H,14,15,16). The first-order chi connectivity index (χ1) is 7.96.